The summed E-state index contributed by atoms with van der Waals surface area (Å²) in [6.07, 6.45) is 0. The summed E-state index contributed by atoms with van der Waals surface area (Å²) >= 11 is 0. The van der Waals surface area contributed by atoms with Crippen LogP contribution in [0.4, 0.5) is 0 Å². The summed E-state index contributed by atoms with van der Waals surface area (Å²) in [4.78, 5) is 0. The minimum Gasteiger partial charge on any atom is -0.404 e. The van der Waals surface area contributed by atoms with Gasteiger partial charge in [0.15, 0.2) is 0 Å². The number of phosphoric acid groups is 1. The summed E-state index contributed by atoms with van der Waals surface area (Å²) in [5.74, 6) is 0.571. The van der Waals surface area contributed by atoms with E-state index in [1.54, 1.807) is 26.8 Å². The van der Waals surface area contributed by atoms with Crippen LogP contribution in [-0.2, 0) is 85.6 Å². The molecule has 0 saturated heterocycles. The van der Waals surface area contributed by atoms with Gasteiger partial charge in [0.05, 0.1) is 12.2 Å². The van der Waals surface area contributed by atoms with Crippen molar-refractivity contribution >= 4 is 7.82 Å². The molecular formula is C15H27O4PY2-2. The molecule has 7 heteroatoms. The molecule has 0 N–H and O–H groups in total. The van der Waals surface area contributed by atoms with E-state index in [9.17, 15) is 4.57 Å². The number of fused-ring (bicyclic) bond motifs is 1. The number of phosphoric ester groups is 1. The van der Waals surface area contributed by atoms with Gasteiger partial charge in [-0.3, -0.25) is 9.05 Å². The van der Waals surface area contributed by atoms with Crippen molar-refractivity contribution in [3.63, 3.8) is 0 Å². The van der Waals surface area contributed by atoms with Crippen LogP contribution < -0.4 is 4.52 Å². The molecule has 4 nitrogen and oxygen atoms in total. The van der Waals surface area contributed by atoms with Crippen molar-refractivity contribution in [3.8, 4) is 5.75 Å². The van der Waals surface area contributed by atoms with Crippen molar-refractivity contribution in [2.45, 2.75) is 46.8 Å². The Hall–Kier alpha value is 1.38. The maximum Gasteiger partial charge on any atom is 0.530 e. The van der Waals surface area contributed by atoms with E-state index in [1.807, 2.05) is 32.0 Å². The Kier molecular flexibility index (Phi) is 19.3. The molecular weight excluding hydrogens is 453 g/mol. The fourth-order valence-electron chi connectivity index (χ4n) is 1.39. The molecule has 0 fully saturated rings. The molecule has 1 aromatic carbocycles. The molecule has 1 heterocycles. The summed E-state index contributed by atoms with van der Waals surface area (Å²) in [7, 11) is -3.47. The Morgan fingerprint density at radius 1 is 1.09 bits per heavy atom. The first-order valence-corrected chi connectivity index (χ1v) is 7.57. The Labute approximate surface area is 186 Å². The van der Waals surface area contributed by atoms with E-state index in [0.717, 1.165) is 5.56 Å². The Balaban J connectivity index is -0.000000259. The van der Waals surface area contributed by atoms with Crippen LogP contribution in [0.2, 0.25) is 0 Å². The zero-order valence-electron chi connectivity index (χ0n) is 14.8. The number of hydrogen-bond donors (Lipinski definition) is 0. The minimum absolute atomic E-state index is 0. The zero-order chi connectivity index (χ0) is 13.8. The van der Waals surface area contributed by atoms with Gasteiger partial charge in [-0.25, -0.2) is 4.57 Å². The van der Waals surface area contributed by atoms with Gasteiger partial charge in [0.2, 0.25) is 0 Å². The molecule has 1 atom stereocenters. The molecule has 22 heavy (non-hydrogen) atoms. The van der Waals surface area contributed by atoms with Crippen LogP contribution in [0.5, 0.6) is 5.75 Å². The van der Waals surface area contributed by atoms with Gasteiger partial charge in [0.1, 0.15) is 5.75 Å². The van der Waals surface area contributed by atoms with Crippen LogP contribution in [0.15, 0.2) is 24.3 Å². The van der Waals surface area contributed by atoms with Crippen molar-refractivity contribution in [1.82, 2.24) is 0 Å². The maximum absolute atomic E-state index is 12.1. The van der Waals surface area contributed by atoms with Crippen molar-refractivity contribution in [1.29, 1.82) is 0 Å². The Bertz CT molecular complexity index is 447. The minimum atomic E-state index is -3.47. The summed E-state index contributed by atoms with van der Waals surface area (Å²) in [5.41, 5.74) is 0.313. The molecule has 1 aliphatic rings. The van der Waals surface area contributed by atoms with Gasteiger partial charge < -0.3 is 19.4 Å². The van der Waals surface area contributed by atoms with Gasteiger partial charge in [-0.05, 0) is 26.8 Å². The van der Waals surface area contributed by atoms with Crippen LogP contribution in [0.25, 0.3) is 0 Å². The van der Waals surface area contributed by atoms with Crippen LogP contribution in [0, 0.1) is 14.9 Å². The fourth-order valence-corrected chi connectivity index (χ4v) is 2.92. The molecule has 0 amide bonds. The van der Waals surface area contributed by atoms with Crippen molar-refractivity contribution in [2.75, 3.05) is 0 Å². The first-order valence-electron chi connectivity index (χ1n) is 6.11. The van der Waals surface area contributed by atoms with Crippen molar-refractivity contribution in [3.05, 3.63) is 44.7 Å². The van der Waals surface area contributed by atoms with Gasteiger partial charge in [0.25, 0.3) is 0 Å². The normalized spacial score (nSPS) is 18.2. The summed E-state index contributed by atoms with van der Waals surface area (Å²) in [6, 6.07) is 7.34. The molecule has 0 aliphatic carbocycles. The maximum atomic E-state index is 12.1. The van der Waals surface area contributed by atoms with Gasteiger partial charge in [-0.2, -0.15) is 0 Å². The van der Waals surface area contributed by atoms with Gasteiger partial charge >= 0.3 is 7.82 Å². The van der Waals surface area contributed by atoms with Gasteiger partial charge in [0, 0.05) is 71.0 Å². The van der Waals surface area contributed by atoms with Gasteiger partial charge in [-0.1, -0.05) is 32.0 Å². The molecule has 0 aromatic heterocycles. The predicted molar refractivity (Wildman–Crippen MR) is 84.5 cm³/mol. The van der Waals surface area contributed by atoms with Crippen molar-refractivity contribution < 1.29 is 83.6 Å². The first kappa shape index (κ1) is 31.2. The second kappa shape index (κ2) is 13.6. The second-order valence-corrected chi connectivity index (χ2v) is 6.14. The van der Waals surface area contributed by atoms with Crippen LogP contribution in [0.1, 0.15) is 40.2 Å². The third-order valence-corrected chi connectivity index (χ3v) is 3.58. The third kappa shape index (κ3) is 10.3. The average molecular weight is 480 g/mol. The monoisotopic (exact) mass is 480 g/mol. The molecule has 0 bridgehead atoms. The Morgan fingerprint density at radius 2 is 1.59 bits per heavy atom. The summed E-state index contributed by atoms with van der Waals surface area (Å²) < 4.78 is 28.0. The number of benzene rings is 1. The molecule has 124 valence electrons. The standard InChI is InChI=1S/C11H15O4P.C2H6.2CH3.2Y/c1-11(2,3)15-16(12)13-8-9-6-4-5-7-10(9)14-16;1-2;;;;/h4-7H,8H2,1-3H3;1-2H3;2*1H3;;/q;;2*-1;;. The van der Waals surface area contributed by atoms with E-state index in [0.29, 0.717) is 5.75 Å². The van der Waals surface area contributed by atoms with E-state index >= 15 is 0 Å². The van der Waals surface area contributed by atoms with Crippen LogP contribution in [0.3, 0.4) is 0 Å². The Morgan fingerprint density at radius 3 is 2.09 bits per heavy atom. The molecule has 0 saturated carbocycles. The summed E-state index contributed by atoms with van der Waals surface area (Å²) in [5, 5.41) is 0. The quantitative estimate of drug-likeness (QED) is 0.397. The molecule has 1 unspecified atom stereocenters. The van der Waals surface area contributed by atoms with E-state index in [-0.39, 0.29) is 86.9 Å². The van der Waals surface area contributed by atoms with E-state index in [1.165, 1.54) is 0 Å². The average Bonchev–Trinajstić information content (AvgIpc) is 2.28. The molecule has 1 aliphatic heterocycles. The zero-order valence-corrected chi connectivity index (χ0v) is 21.3. The SMILES string of the molecule is CC.CC(C)(C)OP1(=O)OCc2ccccc2O1.[CH3-].[CH3-].[Y].[Y]. The fraction of sp³-hybridized carbons (Fsp3) is 0.467. The van der Waals surface area contributed by atoms with Crippen LogP contribution in [-0.4, -0.2) is 5.60 Å². The van der Waals surface area contributed by atoms with E-state index in [4.69, 9.17) is 13.6 Å². The predicted octanol–water partition coefficient (Wildman–Crippen LogP) is 5.44. The van der Waals surface area contributed by atoms with Gasteiger partial charge in [-0.15, -0.1) is 0 Å². The van der Waals surface area contributed by atoms with E-state index < -0.39 is 13.4 Å². The topological polar surface area (TPSA) is 44.8 Å². The van der Waals surface area contributed by atoms with Crippen molar-refractivity contribution in [2.24, 2.45) is 0 Å². The van der Waals surface area contributed by atoms with E-state index in [2.05, 4.69) is 0 Å². The second-order valence-electron chi connectivity index (χ2n) is 4.62. The third-order valence-electron chi connectivity index (χ3n) is 1.95. The molecule has 1 aromatic rings. The molecule has 0 spiro atoms. The first-order chi connectivity index (χ1) is 8.38. The molecule has 2 rings (SSSR count). The largest absolute Gasteiger partial charge is 0.530 e. The smallest absolute Gasteiger partial charge is 0.404 e. The molecule has 2 radical (unpaired) electrons. The summed E-state index contributed by atoms with van der Waals surface area (Å²) in [6.45, 7) is 9.67. The van der Waals surface area contributed by atoms with Crippen LogP contribution >= 0.6 is 7.82 Å². The number of rotatable bonds is 1. The number of para-hydroxylation sites is 1. The number of hydrogen-bond acceptors (Lipinski definition) is 4.